The summed E-state index contributed by atoms with van der Waals surface area (Å²) in [7, 11) is 0. The molecule has 1 aromatic rings. The van der Waals surface area contributed by atoms with Crippen molar-refractivity contribution < 1.29 is 14.7 Å². The molecular weight excluding hydrogens is 383 g/mol. The average molecular weight is 402 g/mol. The van der Waals surface area contributed by atoms with Crippen LogP contribution in [0.2, 0.25) is 0 Å². The van der Waals surface area contributed by atoms with E-state index in [0.29, 0.717) is 12.8 Å². The van der Waals surface area contributed by atoms with Crippen molar-refractivity contribution in [3.63, 3.8) is 0 Å². The molecule has 1 saturated carbocycles. The topological polar surface area (TPSA) is 78.4 Å². The summed E-state index contributed by atoms with van der Waals surface area (Å²) in [6.07, 6.45) is 3.00. The van der Waals surface area contributed by atoms with Crippen LogP contribution in [-0.2, 0) is 9.59 Å². The minimum Gasteiger partial charge on any atom is -0.481 e. The van der Waals surface area contributed by atoms with Crippen LogP contribution >= 0.6 is 22.6 Å². The van der Waals surface area contributed by atoms with Crippen LogP contribution in [0.1, 0.15) is 25.7 Å². The van der Waals surface area contributed by atoms with Crippen molar-refractivity contribution in [3.8, 4) is 0 Å². The van der Waals surface area contributed by atoms with Gasteiger partial charge in [-0.2, -0.15) is 0 Å². The zero-order valence-electron chi connectivity index (χ0n) is 11.6. The minimum atomic E-state index is -0.704. The molecular formula is C15H19IN2O3. The summed E-state index contributed by atoms with van der Waals surface area (Å²) in [6.45, 7) is 0.257. The molecule has 0 aromatic heterocycles. The molecule has 0 heterocycles. The highest BCUT2D eigenvalue weighted by Crippen LogP contribution is 2.24. The Morgan fingerprint density at radius 2 is 1.86 bits per heavy atom. The highest BCUT2D eigenvalue weighted by molar-refractivity contribution is 14.1. The Morgan fingerprint density at radius 1 is 1.19 bits per heavy atom. The van der Waals surface area contributed by atoms with Crippen molar-refractivity contribution in [3.05, 3.63) is 27.8 Å². The van der Waals surface area contributed by atoms with Gasteiger partial charge in [0.25, 0.3) is 0 Å². The molecule has 1 aromatic carbocycles. The van der Waals surface area contributed by atoms with Crippen molar-refractivity contribution >= 4 is 40.2 Å². The molecule has 1 amide bonds. The average Bonchev–Trinajstić information content (AvgIpc) is 2.48. The van der Waals surface area contributed by atoms with E-state index < -0.39 is 5.97 Å². The number of aliphatic carboxylic acids is 1. The maximum Gasteiger partial charge on any atom is 0.306 e. The monoisotopic (exact) mass is 402 g/mol. The van der Waals surface area contributed by atoms with Crippen molar-refractivity contribution in [2.24, 2.45) is 5.92 Å². The smallest absolute Gasteiger partial charge is 0.306 e. The van der Waals surface area contributed by atoms with Gasteiger partial charge in [0.15, 0.2) is 0 Å². The van der Waals surface area contributed by atoms with Gasteiger partial charge in [-0.25, -0.2) is 0 Å². The first-order valence-electron chi connectivity index (χ1n) is 7.07. The van der Waals surface area contributed by atoms with E-state index in [1.807, 2.05) is 24.3 Å². The van der Waals surface area contributed by atoms with Gasteiger partial charge in [0.05, 0.1) is 18.2 Å². The molecule has 0 spiro atoms. The summed E-state index contributed by atoms with van der Waals surface area (Å²) in [4.78, 5) is 22.8. The van der Waals surface area contributed by atoms with E-state index in [2.05, 4.69) is 33.2 Å². The predicted octanol–water partition coefficient (Wildman–Crippen LogP) is 2.46. The van der Waals surface area contributed by atoms with E-state index in [1.54, 1.807) is 0 Å². The number of carbonyl (C=O) groups is 2. The number of carboxylic acids is 1. The molecule has 1 aliphatic rings. The van der Waals surface area contributed by atoms with Crippen LogP contribution in [0, 0.1) is 9.49 Å². The Bertz CT molecular complexity index is 513. The van der Waals surface area contributed by atoms with Crippen LogP contribution in [-0.4, -0.2) is 29.6 Å². The Hall–Kier alpha value is -1.15. The third-order valence-electron chi connectivity index (χ3n) is 3.78. The number of rotatable bonds is 5. The van der Waals surface area contributed by atoms with Crippen LogP contribution in [0.25, 0.3) is 0 Å². The van der Waals surface area contributed by atoms with Gasteiger partial charge >= 0.3 is 5.97 Å². The first kappa shape index (κ1) is 16.2. The first-order chi connectivity index (χ1) is 10.1. The number of anilines is 1. The highest BCUT2D eigenvalue weighted by atomic mass is 127. The number of halogens is 1. The van der Waals surface area contributed by atoms with E-state index in [0.717, 1.165) is 22.1 Å². The summed E-state index contributed by atoms with van der Waals surface area (Å²) in [5, 5.41) is 15.0. The fourth-order valence-corrected chi connectivity index (χ4v) is 3.06. The van der Waals surface area contributed by atoms with Gasteiger partial charge in [-0.3, -0.25) is 9.59 Å². The first-order valence-corrected chi connectivity index (χ1v) is 8.14. The van der Waals surface area contributed by atoms with Crippen LogP contribution in [0.3, 0.4) is 0 Å². The molecule has 114 valence electrons. The van der Waals surface area contributed by atoms with Gasteiger partial charge in [-0.15, -0.1) is 0 Å². The van der Waals surface area contributed by atoms with E-state index in [4.69, 9.17) is 5.11 Å². The molecule has 6 heteroatoms. The van der Waals surface area contributed by atoms with Crippen LogP contribution in [0.4, 0.5) is 5.69 Å². The Labute approximate surface area is 137 Å². The molecule has 0 aliphatic heterocycles. The second-order valence-electron chi connectivity index (χ2n) is 5.30. The zero-order chi connectivity index (χ0) is 15.2. The standard InChI is InChI=1S/C15H19IN2O3/c16-12-3-1-2-4-13(12)18-14(19)9-17-11-7-5-10(6-8-11)15(20)21/h1-4,10-11,17H,5-9H2,(H,18,19)(H,20,21). The largest absolute Gasteiger partial charge is 0.481 e. The quantitative estimate of drug-likeness (QED) is 0.662. The molecule has 0 saturated heterocycles. The third-order valence-corrected chi connectivity index (χ3v) is 4.72. The third kappa shape index (κ3) is 4.96. The maximum atomic E-state index is 11.9. The van der Waals surface area contributed by atoms with Crippen LogP contribution < -0.4 is 10.6 Å². The molecule has 0 unspecified atom stereocenters. The second kappa shape index (κ2) is 7.74. The number of para-hydroxylation sites is 1. The number of carbonyl (C=O) groups excluding carboxylic acids is 1. The van der Waals surface area contributed by atoms with Crippen LogP contribution in [0.5, 0.6) is 0 Å². The zero-order valence-corrected chi connectivity index (χ0v) is 13.8. The van der Waals surface area contributed by atoms with E-state index in [9.17, 15) is 9.59 Å². The van der Waals surface area contributed by atoms with Crippen LogP contribution in [0.15, 0.2) is 24.3 Å². The van der Waals surface area contributed by atoms with Gasteiger partial charge in [-0.1, -0.05) is 12.1 Å². The normalized spacial score (nSPS) is 21.8. The Morgan fingerprint density at radius 3 is 2.48 bits per heavy atom. The van der Waals surface area contributed by atoms with Gasteiger partial charge in [-0.05, 0) is 60.4 Å². The fourth-order valence-electron chi connectivity index (χ4n) is 2.54. The van der Waals surface area contributed by atoms with E-state index in [-0.39, 0.29) is 24.4 Å². The molecule has 0 bridgehead atoms. The molecule has 5 nitrogen and oxygen atoms in total. The number of nitrogens with one attached hydrogen (secondary N) is 2. The molecule has 2 rings (SSSR count). The predicted molar refractivity (Wildman–Crippen MR) is 89.2 cm³/mol. The Kier molecular flexibility index (Phi) is 5.98. The lowest BCUT2D eigenvalue weighted by Crippen LogP contribution is -2.39. The second-order valence-corrected chi connectivity index (χ2v) is 6.46. The molecule has 1 fully saturated rings. The maximum absolute atomic E-state index is 11.9. The summed E-state index contributed by atoms with van der Waals surface area (Å²) in [5.41, 5.74) is 0.819. The van der Waals surface area contributed by atoms with Crippen molar-refractivity contribution in [1.29, 1.82) is 0 Å². The van der Waals surface area contributed by atoms with Crippen molar-refractivity contribution in [2.45, 2.75) is 31.7 Å². The van der Waals surface area contributed by atoms with E-state index >= 15 is 0 Å². The number of benzene rings is 1. The lowest BCUT2D eigenvalue weighted by atomic mass is 9.86. The number of carboxylic acid groups (broad SMARTS) is 1. The SMILES string of the molecule is O=C(CNC1CCC(C(=O)O)CC1)Nc1ccccc1I. The summed E-state index contributed by atoms with van der Waals surface area (Å²) >= 11 is 2.18. The molecule has 0 atom stereocenters. The summed E-state index contributed by atoms with van der Waals surface area (Å²) in [5.74, 6) is -0.993. The lowest BCUT2D eigenvalue weighted by Gasteiger charge is -2.26. The highest BCUT2D eigenvalue weighted by Gasteiger charge is 2.25. The van der Waals surface area contributed by atoms with Crippen molar-refractivity contribution in [1.82, 2.24) is 5.32 Å². The number of hydrogen-bond donors (Lipinski definition) is 3. The van der Waals surface area contributed by atoms with Gasteiger partial charge in [0, 0.05) is 9.61 Å². The van der Waals surface area contributed by atoms with Crippen molar-refractivity contribution in [2.75, 3.05) is 11.9 Å². The van der Waals surface area contributed by atoms with E-state index in [1.165, 1.54) is 0 Å². The number of hydrogen-bond acceptors (Lipinski definition) is 3. The number of amides is 1. The molecule has 0 radical (unpaired) electrons. The Balaban J connectivity index is 1.73. The molecule has 21 heavy (non-hydrogen) atoms. The molecule has 1 aliphatic carbocycles. The van der Waals surface area contributed by atoms with Gasteiger partial charge < -0.3 is 15.7 Å². The summed E-state index contributed by atoms with van der Waals surface area (Å²) in [6, 6.07) is 7.87. The molecule has 3 N–H and O–H groups in total. The van der Waals surface area contributed by atoms with Gasteiger partial charge in [0.1, 0.15) is 0 Å². The fraction of sp³-hybridized carbons (Fsp3) is 0.467. The summed E-state index contributed by atoms with van der Waals surface area (Å²) < 4.78 is 1.01. The van der Waals surface area contributed by atoms with Gasteiger partial charge in [0.2, 0.25) is 5.91 Å². The minimum absolute atomic E-state index is 0.0699. The lowest BCUT2D eigenvalue weighted by molar-refractivity contribution is -0.143.